The van der Waals surface area contributed by atoms with Crippen molar-refractivity contribution in [3.63, 3.8) is 0 Å². The minimum Gasteiger partial charge on any atom is -0.481 e. The molecule has 0 fully saturated rings. The number of hydrogen-bond acceptors (Lipinski definition) is 10. The first-order valence-corrected chi connectivity index (χ1v) is 9.60. The zero-order valence-corrected chi connectivity index (χ0v) is 17.2. The van der Waals surface area contributed by atoms with Crippen molar-refractivity contribution in [3.05, 3.63) is 41.7 Å². The van der Waals surface area contributed by atoms with Crippen molar-refractivity contribution in [1.82, 2.24) is 25.3 Å². The van der Waals surface area contributed by atoms with Crippen LogP contribution in [-0.4, -0.2) is 56.3 Å². The zero-order valence-electron chi connectivity index (χ0n) is 17.2. The van der Waals surface area contributed by atoms with Crippen molar-refractivity contribution < 1.29 is 19.5 Å². The quantitative estimate of drug-likeness (QED) is 0.338. The first-order valence-electron chi connectivity index (χ1n) is 9.60. The highest BCUT2D eigenvalue weighted by Crippen LogP contribution is 2.18. The summed E-state index contributed by atoms with van der Waals surface area (Å²) in [6, 6.07) is 5.85. The van der Waals surface area contributed by atoms with E-state index >= 15 is 0 Å². The molecule has 0 aliphatic rings. The maximum absolute atomic E-state index is 12.3. The number of nitrogens with one attached hydrogen (secondary N) is 1. The molecule has 6 N–H and O–H groups in total. The molecule has 0 bridgehead atoms. The van der Waals surface area contributed by atoms with E-state index in [-0.39, 0.29) is 24.6 Å². The minimum atomic E-state index is -1.03. The van der Waals surface area contributed by atoms with Gasteiger partial charge in [-0.15, -0.1) is 0 Å². The van der Waals surface area contributed by atoms with Gasteiger partial charge in [-0.3, -0.25) is 9.59 Å². The maximum Gasteiger partial charge on any atom is 0.303 e. The van der Waals surface area contributed by atoms with Crippen molar-refractivity contribution in [3.8, 4) is 0 Å². The van der Waals surface area contributed by atoms with Crippen LogP contribution in [0.3, 0.4) is 0 Å². The Bertz CT molecular complexity index is 1150. The van der Waals surface area contributed by atoms with Gasteiger partial charge in [0.25, 0.3) is 5.91 Å². The second-order valence-electron chi connectivity index (χ2n) is 7.05. The van der Waals surface area contributed by atoms with E-state index in [1.165, 1.54) is 0 Å². The molecule has 1 atom stereocenters. The van der Waals surface area contributed by atoms with Crippen LogP contribution >= 0.6 is 0 Å². The van der Waals surface area contributed by atoms with Crippen LogP contribution in [0.5, 0.6) is 0 Å². The molecular formula is C20H22N8O4. The molecule has 1 aromatic carbocycles. The maximum atomic E-state index is 12.3. The number of carbonyl (C=O) groups is 3. The van der Waals surface area contributed by atoms with Crippen molar-refractivity contribution >= 4 is 46.8 Å². The highest BCUT2D eigenvalue weighted by Gasteiger charge is 2.15. The summed E-state index contributed by atoms with van der Waals surface area (Å²) in [4.78, 5) is 52.5. The Labute approximate surface area is 182 Å². The van der Waals surface area contributed by atoms with E-state index < -0.39 is 17.9 Å². The second kappa shape index (κ2) is 9.64. The number of fused-ring (bicyclic) bond motifs is 1. The van der Waals surface area contributed by atoms with Gasteiger partial charge >= 0.3 is 5.97 Å². The molecular weight excluding hydrogens is 416 g/mol. The van der Waals surface area contributed by atoms with Gasteiger partial charge in [0.2, 0.25) is 5.95 Å². The number of nitrogens with zero attached hydrogens (tertiary/aromatic N) is 5. The SMILES string of the molecule is CN(Cc1cnc2c(N)nc(N)nc2n1)c1ccc(C(=O)NC(C=O)CCC(=O)O)cc1. The number of benzene rings is 1. The molecule has 0 saturated carbocycles. The van der Waals surface area contributed by atoms with Crippen molar-refractivity contribution in [1.29, 1.82) is 0 Å². The molecule has 0 radical (unpaired) electrons. The number of anilines is 3. The van der Waals surface area contributed by atoms with Gasteiger partial charge < -0.3 is 31.6 Å². The summed E-state index contributed by atoms with van der Waals surface area (Å²) in [5.41, 5.74) is 13.9. The molecule has 0 saturated heterocycles. The normalized spacial score (nSPS) is 11.7. The Kier molecular flexibility index (Phi) is 6.73. The number of aldehydes is 1. The highest BCUT2D eigenvalue weighted by molar-refractivity contribution is 5.96. The Balaban J connectivity index is 1.66. The van der Waals surface area contributed by atoms with Gasteiger partial charge in [0.1, 0.15) is 11.8 Å². The number of carbonyl (C=O) groups excluding carboxylic acids is 2. The molecule has 166 valence electrons. The summed E-state index contributed by atoms with van der Waals surface area (Å²) in [5.74, 6) is -1.32. The first-order chi connectivity index (χ1) is 15.3. The molecule has 3 rings (SSSR count). The molecule has 0 aliphatic heterocycles. The summed E-state index contributed by atoms with van der Waals surface area (Å²) in [6.07, 6.45) is 1.92. The summed E-state index contributed by atoms with van der Waals surface area (Å²) in [5, 5.41) is 11.2. The Hall–Kier alpha value is -4.35. The van der Waals surface area contributed by atoms with E-state index in [1.54, 1.807) is 30.5 Å². The topological polar surface area (TPSA) is 190 Å². The van der Waals surface area contributed by atoms with Crippen LogP contribution in [0.15, 0.2) is 30.5 Å². The van der Waals surface area contributed by atoms with Gasteiger partial charge in [0, 0.05) is 24.7 Å². The number of carboxylic acid groups (broad SMARTS) is 1. The van der Waals surface area contributed by atoms with Crippen LogP contribution in [0.25, 0.3) is 11.2 Å². The average Bonchev–Trinajstić information content (AvgIpc) is 2.76. The molecule has 12 nitrogen and oxygen atoms in total. The number of carboxylic acids is 1. The lowest BCUT2D eigenvalue weighted by Crippen LogP contribution is -2.36. The first kappa shape index (κ1) is 22.3. The predicted octanol–water partition coefficient (Wildman–Crippen LogP) is 0.383. The van der Waals surface area contributed by atoms with Crippen molar-refractivity contribution in [2.24, 2.45) is 0 Å². The summed E-state index contributed by atoms with van der Waals surface area (Å²) >= 11 is 0. The van der Waals surface area contributed by atoms with Crippen LogP contribution in [0, 0.1) is 0 Å². The lowest BCUT2D eigenvalue weighted by Gasteiger charge is -2.19. The highest BCUT2D eigenvalue weighted by atomic mass is 16.4. The van der Waals surface area contributed by atoms with E-state index in [1.807, 2.05) is 11.9 Å². The number of aliphatic carboxylic acids is 1. The fourth-order valence-electron chi connectivity index (χ4n) is 2.97. The molecule has 2 aromatic heterocycles. The molecule has 0 spiro atoms. The molecule has 12 heteroatoms. The monoisotopic (exact) mass is 438 g/mol. The summed E-state index contributed by atoms with van der Waals surface area (Å²) < 4.78 is 0. The van der Waals surface area contributed by atoms with E-state index in [9.17, 15) is 14.4 Å². The third kappa shape index (κ3) is 5.41. The Morgan fingerprint density at radius 3 is 2.56 bits per heavy atom. The average molecular weight is 438 g/mol. The zero-order chi connectivity index (χ0) is 23.3. The number of nitrogens with two attached hydrogens (primary N) is 2. The largest absolute Gasteiger partial charge is 0.481 e. The molecule has 2 heterocycles. The van der Waals surface area contributed by atoms with E-state index in [0.717, 1.165) is 5.69 Å². The standard InChI is InChI=1S/C20H22N8O4/c1-28(9-13-8-23-16-17(21)26-20(22)27-18(16)24-13)14-5-2-11(3-6-14)19(32)25-12(10-29)4-7-15(30)31/h2-3,5-6,8,10,12H,4,7,9H2,1H3,(H,25,32)(H,30,31)(H4,21,22,24,26,27). The van der Waals surface area contributed by atoms with Crippen LogP contribution in [0.1, 0.15) is 28.9 Å². The number of amides is 1. The predicted molar refractivity (Wildman–Crippen MR) is 117 cm³/mol. The van der Waals surface area contributed by atoms with Crippen LogP contribution < -0.4 is 21.7 Å². The van der Waals surface area contributed by atoms with Gasteiger partial charge in [0.05, 0.1) is 24.5 Å². The number of aromatic nitrogens is 4. The summed E-state index contributed by atoms with van der Waals surface area (Å²) in [6.45, 7) is 0.403. The van der Waals surface area contributed by atoms with Crippen molar-refractivity contribution in [2.45, 2.75) is 25.4 Å². The van der Waals surface area contributed by atoms with Crippen LogP contribution in [-0.2, 0) is 16.1 Å². The lowest BCUT2D eigenvalue weighted by molar-refractivity contribution is -0.137. The Morgan fingerprint density at radius 1 is 1.19 bits per heavy atom. The lowest BCUT2D eigenvalue weighted by atomic mass is 10.1. The third-order valence-electron chi connectivity index (χ3n) is 4.62. The molecule has 1 unspecified atom stereocenters. The second-order valence-corrected chi connectivity index (χ2v) is 7.05. The number of nitrogen functional groups attached to an aromatic ring is 2. The van der Waals surface area contributed by atoms with Gasteiger partial charge in [-0.1, -0.05) is 0 Å². The number of rotatable bonds is 9. The summed E-state index contributed by atoms with van der Waals surface area (Å²) in [7, 11) is 1.85. The van der Waals surface area contributed by atoms with Gasteiger partial charge in [-0.25, -0.2) is 9.97 Å². The van der Waals surface area contributed by atoms with E-state index in [0.29, 0.717) is 35.3 Å². The van der Waals surface area contributed by atoms with Crippen LogP contribution in [0.4, 0.5) is 17.5 Å². The fourth-order valence-corrected chi connectivity index (χ4v) is 2.97. The van der Waals surface area contributed by atoms with E-state index in [2.05, 4.69) is 25.3 Å². The van der Waals surface area contributed by atoms with Crippen LogP contribution in [0.2, 0.25) is 0 Å². The van der Waals surface area contributed by atoms with Gasteiger partial charge in [-0.2, -0.15) is 9.97 Å². The van der Waals surface area contributed by atoms with Crippen molar-refractivity contribution in [2.75, 3.05) is 23.4 Å². The van der Waals surface area contributed by atoms with Gasteiger partial charge in [-0.05, 0) is 30.7 Å². The molecule has 32 heavy (non-hydrogen) atoms. The molecule has 0 aliphatic carbocycles. The minimum absolute atomic E-state index is 0.0171. The molecule has 3 aromatic rings. The third-order valence-corrected chi connectivity index (χ3v) is 4.62. The Morgan fingerprint density at radius 2 is 1.91 bits per heavy atom. The molecule has 1 amide bonds. The fraction of sp³-hybridized carbons (Fsp3) is 0.250. The smallest absolute Gasteiger partial charge is 0.303 e. The number of hydrogen-bond donors (Lipinski definition) is 4. The van der Waals surface area contributed by atoms with E-state index in [4.69, 9.17) is 16.6 Å². The van der Waals surface area contributed by atoms with Gasteiger partial charge in [0.15, 0.2) is 11.5 Å².